The lowest BCUT2D eigenvalue weighted by atomic mass is 10.2. The molecule has 2 N–H and O–H groups in total. The Bertz CT molecular complexity index is 1150. The van der Waals surface area contributed by atoms with E-state index < -0.39 is 31.9 Å². The Morgan fingerprint density at radius 3 is 2.69 bits per heavy atom. The van der Waals surface area contributed by atoms with Crippen LogP contribution >= 0.6 is 19.4 Å². The van der Waals surface area contributed by atoms with Crippen molar-refractivity contribution in [3.8, 4) is 5.75 Å². The molecule has 0 fully saturated rings. The summed E-state index contributed by atoms with van der Waals surface area (Å²) < 4.78 is 38.8. The summed E-state index contributed by atoms with van der Waals surface area (Å²) in [6.07, 6.45) is 0.700. The maximum atomic E-state index is 15.0. The molecule has 0 aliphatic carbocycles. The lowest BCUT2D eigenvalue weighted by Gasteiger charge is -2.15. The minimum absolute atomic E-state index is 0.121. The average molecular weight is 478 g/mol. The monoisotopic (exact) mass is 478 g/mol. The molecule has 1 aromatic heterocycles. The van der Waals surface area contributed by atoms with Gasteiger partial charge in [0.05, 0.1) is 12.3 Å². The van der Waals surface area contributed by atoms with Gasteiger partial charge in [-0.1, -0.05) is 25.1 Å². The Kier molecular flexibility index (Phi) is 7.77. The van der Waals surface area contributed by atoms with Crippen molar-refractivity contribution in [1.82, 2.24) is 0 Å². The van der Waals surface area contributed by atoms with Crippen molar-refractivity contribution in [1.29, 1.82) is 0 Å². The van der Waals surface area contributed by atoms with Gasteiger partial charge in [-0.25, -0.2) is 14.1 Å². The van der Waals surface area contributed by atoms with Gasteiger partial charge in [0.25, 0.3) is 0 Å². The van der Waals surface area contributed by atoms with Crippen molar-refractivity contribution in [2.75, 3.05) is 11.9 Å². The first-order valence-electron chi connectivity index (χ1n) is 9.87. The van der Waals surface area contributed by atoms with Gasteiger partial charge < -0.3 is 15.2 Å². The number of ether oxygens (including phenoxy) is 1. The number of carboxylic acids is 1. The van der Waals surface area contributed by atoms with Crippen molar-refractivity contribution >= 4 is 47.1 Å². The largest absolute Gasteiger partial charge is 0.598 e. The van der Waals surface area contributed by atoms with Crippen LogP contribution in [0.1, 0.15) is 41.4 Å². The van der Waals surface area contributed by atoms with E-state index in [2.05, 4.69) is 5.32 Å². The highest BCUT2D eigenvalue weighted by molar-refractivity contribution is 7.39. The lowest BCUT2D eigenvalue weighted by molar-refractivity contribution is -0.144. The van der Waals surface area contributed by atoms with Gasteiger partial charge in [0.2, 0.25) is 5.75 Å². The van der Waals surface area contributed by atoms with Gasteiger partial charge >= 0.3 is 25.9 Å². The molecule has 2 aromatic carbocycles. The number of rotatable bonds is 10. The minimum Gasteiger partial charge on any atom is -0.477 e. The average Bonchev–Trinajstić information content (AvgIpc) is 3.22. The highest BCUT2D eigenvalue weighted by atomic mass is 32.1. The fourth-order valence-electron chi connectivity index (χ4n) is 2.87. The van der Waals surface area contributed by atoms with Crippen molar-refractivity contribution in [3.05, 3.63) is 59.0 Å². The van der Waals surface area contributed by atoms with Crippen LogP contribution in [0, 0.1) is 0 Å². The number of fused-ring (bicyclic) bond motifs is 1. The maximum absolute atomic E-state index is 15.0. The van der Waals surface area contributed by atoms with Crippen LogP contribution in [0.15, 0.2) is 48.5 Å². The normalized spacial score (nSPS) is 13.3. The SMILES string of the molecule is CCCOC(=O)C(C)Nc1ccccc1O[P+](=O)[C@H](F)c1ccc2sc(C(=O)O)cc2c1. The molecule has 10 heteroatoms. The number of aromatic carboxylic acids is 1. The van der Waals surface area contributed by atoms with E-state index >= 15 is 0 Å². The van der Waals surface area contributed by atoms with Crippen molar-refractivity contribution in [3.63, 3.8) is 0 Å². The summed E-state index contributed by atoms with van der Waals surface area (Å²) in [5.41, 5.74) is 0.499. The molecule has 3 aromatic rings. The predicted octanol–water partition coefficient (Wildman–Crippen LogP) is 6.14. The van der Waals surface area contributed by atoms with E-state index in [4.69, 9.17) is 14.4 Å². The number of halogens is 1. The summed E-state index contributed by atoms with van der Waals surface area (Å²) in [5, 5.41) is 12.6. The van der Waals surface area contributed by atoms with E-state index in [9.17, 15) is 18.5 Å². The van der Waals surface area contributed by atoms with Crippen molar-refractivity contribution in [2.45, 2.75) is 32.2 Å². The molecular weight excluding hydrogens is 456 g/mol. The van der Waals surface area contributed by atoms with Gasteiger partial charge in [0, 0.05) is 10.3 Å². The van der Waals surface area contributed by atoms with Crippen molar-refractivity contribution < 1.29 is 32.9 Å². The third kappa shape index (κ3) is 5.60. The number of carbonyl (C=O) groups excluding carboxylic acids is 1. The Labute approximate surface area is 189 Å². The Morgan fingerprint density at radius 1 is 1.22 bits per heavy atom. The van der Waals surface area contributed by atoms with Crippen LogP contribution < -0.4 is 9.84 Å². The Hall–Kier alpha value is -3.03. The van der Waals surface area contributed by atoms with Crippen LogP contribution in [0.2, 0.25) is 0 Å². The van der Waals surface area contributed by atoms with Crippen molar-refractivity contribution in [2.24, 2.45) is 0 Å². The highest BCUT2D eigenvalue weighted by Crippen LogP contribution is 2.46. The third-order valence-corrected chi connectivity index (χ3v) is 6.61. The summed E-state index contributed by atoms with van der Waals surface area (Å²) in [7, 11) is -2.81. The zero-order valence-electron chi connectivity index (χ0n) is 17.4. The molecule has 0 aliphatic heterocycles. The van der Waals surface area contributed by atoms with Crippen LogP contribution in [0.25, 0.3) is 10.1 Å². The number of anilines is 1. The fraction of sp³-hybridized carbons (Fsp3) is 0.273. The number of thiophene rings is 1. The zero-order chi connectivity index (χ0) is 23.3. The van der Waals surface area contributed by atoms with E-state index in [1.54, 1.807) is 31.2 Å². The summed E-state index contributed by atoms with van der Waals surface area (Å²) in [4.78, 5) is 23.3. The molecule has 3 rings (SSSR count). The molecule has 0 saturated heterocycles. The second-order valence-corrected chi connectivity index (χ2v) is 9.25. The molecule has 0 amide bonds. The van der Waals surface area contributed by atoms with Crippen LogP contribution in [-0.2, 0) is 14.1 Å². The summed E-state index contributed by atoms with van der Waals surface area (Å²) in [6.45, 7) is 3.81. The molecule has 0 radical (unpaired) electrons. The molecule has 0 aliphatic rings. The van der Waals surface area contributed by atoms with Gasteiger partial charge in [-0.05, 0) is 53.6 Å². The van der Waals surface area contributed by atoms with Crippen LogP contribution in [0.5, 0.6) is 5.75 Å². The lowest BCUT2D eigenvalue weighted by Crippen LogP contribution is -2.28. The first-order chi connectivity index (χ1) is 15.3. The molecule has 0 bridgehead atoms. The molecule has 3 atom stereocenters. The second-order valence-electron chi connectivity index (χ2n) is 6.96. The number of esters is 1. The quantitative estimate of drug-likeness (QED) is 0.266. The number of hydrogen-bond acceptors (Lipinski definition) is 7. The van der Waals surface area contributed by atoms with E-state index in [1.165, 1.54) is 24.3 Å². The van der Waals surface area contributed by atoms with Gasteiger partial charge in [0.1, 0.15) is 10.9 Å². The fourth-order valence-corrected chi connectivity index (χ4v) is 4.60. The minimum atomic E-state index is -2.81. The number of benzene rings is 2. The third-order valence-electron chi connectivity index (χ3n) is 4.46. The van der Waals surface area contributed by atoms with Gasteiger partial charge in [0.15, 0.2) is 0 Å². The standard InChI is InChI=1S/C22H21FNO6PS/c1-3-10-29-22(27)13(2)24-16-6-4-5-7-17(16)30-31(28)20(23)14-8-9-18-15(11-14)12-19(32-18)21(25)26/h4-9,11-13,20,24H,3,10H2,1-2H3/p+1/t13?,20-/m0/s1. The molecule has 0 saturated carbocycles. The number of para-hydroxylation sites is 2. The van der Waals surface area contributed by atoms with Crippen LogP contribution in [0.4, 0.5) is 10.1 Å². The maximum Gasteiger partial charge on any atom is 0.598 e. The van der Waals surface area contributed by atoms with E-state index in [0.29, 0.717) is 28.8 Å². The molecule has 1 heterocycles. The predicted molar refractivity (Wildman–Crippen MR) is 122 cm³/mol. The smallest absolute Gasteiger partial charge is 0.477 e. The molecule has 168 valence electrons. The number of hydrogen-bond donors (Lipinski definition) is 2. The Morgan fingerprint density at radius 2 is 1.97 bits per heavy atom. The summed E-state index contributed by atoms with van der Waals surface area (Å²) >= 11 is 1.08. The number of carboxylic acid groups (broad SMARTS) is 1. The number of nitrogens with one attached hydrogen (secondary N) is 1. The van der Waals surface area contributed by atoms with Gasteiger partial charge in [-0.2, -0.15) is 4.39 Å². The van der Waals surface area contributed by atoms with Gasteiger partial charge in [-0.3, -0.25) is 0 Å². The van der Waals surface area contributed by atoms with Gasteiger partial charge in [-0.15, -0.1) is 11.3 Å². The van der Waals surface area contributed by atoms with E-state index in [-0.39, 0.29) is 16.2 Å². The molecule has 0 spiro atoms. The highest BCUT2D eigenvalue weighted by Gasteiger charge is 2.37. The van der Waals surface area contributed by atoms with E-state index in [1.807, 2.05) is 6.92 Å². The molecule has 7 nitrogen and oxygen atoms in total. The van der Waals surface area contributed by atoms with Crippen LogP contribution in [-0.4, -0.2) is 29.7 Å². The molecule has 2 unspecified atom stereocenters. The molecule has 32 heavy (non-hydrogen) atoms. The first-order valence-corrected chi connectivity index (χ1v) is 11.9. The zero-order valence-corrected chi connectivity index (χ0v) is 19.1. The second kappa shape index (κ2) is 10.5. The topological polar surface area (TPSA) is 102 Å². The van der Waals surface area contributed by atoms with E-state index in [0.717, 1.165) is 11.3 Å². The molecular formula is C22H22FNO6PS+. The number of carbonyl (C=O) groups is 2. The Balaban J connectivity index is 1.73. The summed E-state index contributed by atoms with van der Waals surface area (Å²) in [6, 6.07) is 11.8. The van der Waals surface area contributed by atoms with Crippen LogP contribution in [0.3, 0.4) is 0 Å². The number of alkyl halides is 1. The first kappa shape index (κ1) is 23.6. The summed E-state index contributed by atoms with van der Waals surface area (Å²) in [5.74, 6) is -3.30.